The van der Waals surface area contributed by atoms with Crippen molar-refractivity contribution in [1.29, 1.82) is 0 Å². The number of ether oxygens (including phenoxy) is 1. The maximum absolute atomic E-state index is 11.9. The van der Waals surface area contributed by atoms with Crippen LogP contribution >= 0.6 is 15.9 Å². The zero-order valence-corrected chi connectivity index (χ0v) is 12.9. The van der Waals surface area contributed by atoms with E-state index >= 15 is 0 Å². The molecular weight excluding hydrogens is 336 g/mol. The lowest BCUT2D eigenvalue weighted by atomic mass is 10.1. The van der Waals surface area contributed by atoms with Crippen molar-refractivity contribution in [3.05, 3.63) is 63.6 Å². The smallest absolute Gasteiger partial charge is 0.342 e. The number of phenolic OH excluding ortho intramolecular Hbond substituents is 1. The Hall–Kier alpha value is -2.14. The number of phenols is 1. The number of rotatable bonds is 4. The third-order valence-electron chi connectivity index (χ3n) is 2.85. The van der Waals surface area contributed by atoms with E-state index in [9.17, 15) is 14.7 Å². The first-order valence-corrected chi connectivity index (χ1v) is 7.02. The molecule has 0 fully saturated rings. The Morgan fingerprint density at radius 2 is 1.95 bits per heavy atom. The Kier molecular flexibility index (Phi) is 4.75. The highest BCUT2D eigenvalue weighted by Crippen LogP contribution is 2.19. The molecule has 2 aromatic carbocycles. The molecular formula is C16H13BrO4. The number of hydrogen-bond acceptors (Lipinski definition) is 4. The van der Waals surface area contributed by atoms with Gasteiger partial charge >= 0.3 is 5.97 Å². The van der Waals surface area contributed by atoms with Crippen molar-refractivity contribution in [2.45, 2.75) is 6.92 Å². The van der Waals surface area contributed by atoms with Crippen molar-refractivity contribution in [3.8, 4) is 5.75 Å². The first kappa shape index (κ1) is 15.3. The SMILES string of the molecule is Cc1ccc(C(=O)OCC(=O)c2cccc(Br)c2)c(O)c1. The largest absolute Gasteiger partial charge is 0.507 e. The lowest BCUT2D eigenvalue weighted by Gasteiger charge is -2.06. The van der Waals surface area contributed by atoms with Gasteiger partial charge in [-0.25, -0.2) is 4.79 Å². The predicted molar refractivity (Wildman–Crippen MR) is 81.6 cm³/mol. The van der Waals surface area contributed by atoms with E-state index in [0.717, 1.165) is 10.0 Å². The molecule has 0 spiro atoms. The minimum absolute atomic E-state index is 0.0441. The number of esters is 1. The Bertz CT molecular complexity index is 694. The minimum Gasteiger partial charge on any atom is -0.507 e. The van der Waals surface area contributed by atoms with Crippen LogP contribution in [0.1, 0.15) is 26.3 Å². The summed E-state index contributed by atoms with van der Waals surface area (Å²) in [6, 6.07) is 11.4. The summed E-state index contributed by atoms with van der Waals surface area (Å²) in [5.74, 6) is -1.19. The van der Waals surface area contributed by atoms with Crippen molar-refractivity contribution in [1.82, 2.24) is 0 Å². The summed E-state index contributed by atoms with van der Waals surface area (Å²) in [4.78, 5) is 23.7. The van der Waals surface area contributed by atoms with Crippen LogP contribution in [0.3, 0.4) is 0 Å². The van der Waals surface area contributed by atoms with Crippen LogP contribution in [0.2, 0.25) is 0 Å². The summed E-state index contributed by atoms with van der Waals surface area (Å²) in [6.07, 6.45) is 0. The molecule has 108 valence electrons. The summed E-state index contributed by atoms with van der Waals surface area (Å²) in [5, 5.41) is 9.69. The molecule has 2 aromatic rings. The standard InChI is InChI=1S/C16H13BrO4/c1-10-5-6-13(14(18)7-10)16(20)21-9-15(19)11-3-2-4-12(17)8-11/h2-8,18H,9H2,1H3. The predicted octanol–water partition coefficient (Wildman–Crippen LogP) is 3.50. The van der Waals surface area contributed by atoms with Gasteiger partial charge in [-0.05, 0) is 36.8 Å². The molecule has 0 bridgehead atoms. The summed E-state index contributed by atoms with van der Waals surface area (Å²) in [5.41, 5.74) is 1.32. The van der Waals surface area contributed by atoms with Gasteiger partial charge in [-0.2, -0.15) is 0 Å². The topological polar surface area (TPSA) is 63.6 Å². The summed E-state index contributed by atoms with van der Waals surface area (Å²) in [7, 11) is 0. The van der Waals surface area contributed by atoms with E-state index in [1.165, 1.54) is 12.1 Å². The molecule has 0 aliphatic heterocycles. The van der Waals surface area contributed by atoms with Gasteiger partial charge in [0.2, 0.25) is 0 Å². The van der Waals surface area contributed by atoms with Crippen molar-refractivity contribution in [2.24, 2.45) is 0 Å². The van der Waals surface area contributed by atoms with Gasteiger partial charge in [-0.1, -0.05) is 34.1 Å². The van der Waals surface area contributed by atoms with Crippen LogP contribution in [-0.4, -0.2) is 23.5 Å². The summed E-state index contributed by atoms with van der Waals surface area (Å²) < 4.78 is 5.72. The number of halogens is 1. The fraction of sp³-hybridized carbons (Fsp3) is 0.125. The van der Waals surface area contributed by atoms with E-state index in [0.29, 0.717) is 5.56 Å². The highest BCUT2D eigenvalue weighted by molar-refractivity contribution is 9.10. The van der Waals surface area contributed by atoms with Crippen molar-refractivity contribution in [3.63, 3.8) is 0 Å². The number of aromatic hydroxyl groups is 1. The number of Topliss-reactive ketones (excluding diaryl/α,β-unsaturated/α-hetero) is 1. The molecule has 0 saturated heterocycles. The molecule has 0 aromatic heterocycles. The van der Waals surface area contributed by atoms with E-state index in [-0.39, 0.29) is 23.7 Å². The second-order valence-electron chi connectivity index (χ2n) is 4.53. The third kappa shape index (κ3) is 3.92. The van der Waals surface area contributed by atoms with Gasteiger partial charge in [0.15, 0.2) is 12.4 Å². The van der Waals surface area contributed by atoms with Gasteiger partial charge in [-0.15, -0.1) is 0 Å². The van der Waals surface area contributed by atoms with E-state index in [2.05, 4.69) is 15.9 Å². The molecule has 0 radical (unpaired) electrons. The minimum atomic E-state index is -0.726. The van der Waals surface area contributed by atoms with Gasteiger partial charge in [0, 0.05) is 10.0 Å². The average Bonchev–Trinajstić information content (AvgIpc) is 2.44. The van der Waals surface area contributed by atoms with Gasteiger partial charge in [-0.3, -0.25) is 4.79 Å². The van der Waals surface area contributed by atoms with Crippen molar-refractivity contribution in [2.75, 3.05) is 6.61 Å². The number of carbonyl (C=O) groups excluding carboxylic acids is 2. The van der Waals surface area contributed by atoms with Gasteiger partial charge in [0.1, 0.15) is 11.3 Å². The van der Waals surface area contributed by atoms with Crippen molar-refractivity contribution >= 4 is 27.7 Å². The van der Waals surface area contributed by atoms with Crippen LogP contribution in [0, 0.1) is 6.92 Å². The quantitative estimate of drug-likeness (QED) is 0.678. The van der Waals surface area contributed by atoms with Gasteiger partial charge in [0.05, 0.1) is 0 Å². The molecule has 4 nitrogen and oxygen atoms in total. The number of ketones is 1. The molecule has 0 saturated carbocycles. The maximum atomic E-state index is 11.9. The van der Waals surface area contributed by atoms with Crippen LogP contribution in [0.25, 0.3) is 0 Å². The molecule has 0 aliphatic carbocycles. The van der Waals surface area contributed by atoms with Crippen LogP contribution in [-0.2, 0) is 4.74 Å². The zero-order chi connectivity index (χ0) is 15.4. The lowest BCUT2D eigenvalue weighted by Crippen LogP contribution is -2.14. The second kappa shape index (κ2) is 6.54. The Labute approximate surface area is 130 Å². The highest BCUT2D eigenvalue weighted by Gasteiger charge is 2.15. The van der Waals surface area contributed by atoms with Crippen LogP contribution < -0.4 is 0 Å². The van der Waals surface area contributed by atoms with E-state index < -0.39 is 5.97 Å². The van der Waals surface area contributed by atoms with Crippen LogP contribution in [0.15, 0.2) is 46.9 Å². The fourth-order valence-corrected chi connectivity index (χ4v) is 2.17. The first-order chi connectivity index (χ1) is 9.97. The lowest BCUT2D eigenvalue weighted by molar-refractivity contribution is 0.0472. The summed E-state index contributed by atoms with van der Waals surface area (Å²) in [6.45, 7) is 1.42. The molecule has 1 N–H and O–H groups in total. The molecule has 0 amide bonds. The molecule has 0 unspecified atom stereocenters. The Morgan fingerprint density at radius 3 is 2.62 bits per heavy atom. The monoisotopic (exact) mass is 348 g/mol. The van der Waals surface area contributed by atoms with Crippen LogP contribution in [0.4, 0.5) is 0 Å². The van der Waals surface area contributed by atoms with Crippen molar-refractivity contribution < 1.29 is 19.4 Å². The van der Waals surface area contributed by atoms with Gasteiger partial charge < -0.3 is 9.84 Å². The fourth-order valence-electron chi connectivity index (χ4n) is 1.77. The number of hydrogen-bond donors (Lipinski definition) is 1. The number of aryl methyl sites for hydroxylation is 1. The molecule has 0 atom stereocenters. The number of carbonyl (C=O) groups is 2. The highest BCUT2D eigenvalue weighted by atomic mass is 79.9. The normalized spacial score (nSPS) is 10.2. The van der Waals surface area contributed by atoms with Gasteiger partial charge in [0.25, 0.3) is 0 Å². The first-order valence-electron chi connectivity index (χ1n) is 6.23. The average molecular weight is 349 g/mol. The number of benzene rings is 2. The molecule has 21 heavy (non-hydrogen) atoms. The Balaban J connectivity index is 2.02. The van der Waals surface area contributed by atoms with E-state index in [1.807, 2.05) is 0 Å². The molecule has 0 aliphatic rings. The van der Waals surface area contributed by atoms with E-state index in [4.69, 9.17) is 4.74 Å². The third-order valence-corrected chi connectivity index (χ3v) is 3.35. The molecule has 0 heterocycles. The molecule has 5 heteroatoms. The summed E-state index contributed by atoms with van der Waals surface area (Å²) >= 11 is 3.27. The zero-order valence-electron chi connectivity index (χ0n) is 11.3. The van der Waals surface area contributed by atoms with Crippen LogP contribution in [0.5, 0.6) is 5.75 Å². The maximum Gasteiger partial charge on any atom is 0.342 e. The van der Waals surface area contributed by atoms with E-state index in [1.54, 1.807) is 37.3 Å². The Morgan fingerprint density at radius 1 is 1.19 bits per heavy atom. The molecule has 2 rings (SSSR count). The second-order valence-corrected chi connectivity index (χ2v) is 5.45.